The smallest absolute Gasteiger partial charge is 0.164 e. The van der Waals surface area contributed by atoms with E-state index in [0.717, 1.165) is 6.54 Å². The van der Waals surface area contributed by atoms with E-state index in [1.54, 1.807) is 24.3 Å². The Morgan fingerprint density at radius 1 is 1.52 bits per heavy atom. The molecule has 1 aliphatic heterocycles. The van der Waals surface area contributed by atoms with Crippen molar-refractivity contribution in [3.05, 3.63) is 34.9 Å². The van der Waals surface area contributed by atoms with Crippen molar-refractivity contribution < 1.29 is 14.6 Å². The highest BCUT2D eigenvalue weighted by molar-refractivity contribution is 6.31. The molecule has 1 atom stereocenters. The molecule has 0 spiro atoms. The molecule has 0 bridgehead atoms. The van der Waals surface area contributed by atoms with Crippen molar-refractivity contribution in [3.8, 4) is 0 Å². The van der Waals surface area contributed by atoms with E-state index in [1.807, 2.05) is 13.8 Å². The minimum Gasteiger partial charge on any atom is -0.394 e. The largest absolute Gasteiger partial charge is 0.394 e. The second-order valence-corrected chi connectivity index (χ2v) is 6.54. The topological polar surface area (TPSA) is 49.8 Å². The van der Waals surface area contributed by atoms with Gasteiger partial charge < -0.3 is 9.84 Å². The number of rotatable bonds is 5. The Kier molecular flexibility index (Phi) is 5.38. The van der Waals surface area contributed by atoms with Crippen molar-refractivity contribution in [2.45, 2.75) is 32.0 Å². The maximum atomic E-state index is 12.2. The monoisotopic (exact) mass is 311 g/mol. The van der Waals surface area contributed by atoms with Crippen LogP contribution in [-0.2, 0) is 4.74 Å². The lowest BCUT2D eigenvalue weighted by Gasteiger charge is -2.42. The fraction of sp³-hybridized carbons (Fsp3) is 0.562. The van der Waals surface area contributed by atoms with Gasteiger partial charge in [0.15, 0.2) is 5.78 Å². The van der Waals surface area contributed by atoms with Crippen LogP contribution in [0.5, 0.6) is 0 Å². The van der Waals surface area contributed by atoms with Crippen LogP contribution < -0.4 is 0 Å². The molecule has 1 heterocycles. The number of carbonyl (C=O) groups excluding carboxylic acids is 1. The van der Waals surface area contributed by atoms with E-state index in [1.165, 1.54) is 0 Å². The molecular formula is C16H22ClNO3. The number of hydrogen-bond donors (Lipinski definition) is 1. The number of aliphatic hydroxyl groups is 1. The summed E-state index contributed by atoms with van der Waals surface area (Å²) in [5.41, 5.74) is 0.346. The molecule has 1 N–H and O–H groups in total. The Hall–Kier alpha value is -0.940. The molecule has 1 fully saturated rings. The van der Waals surface area contributed by atoms with Crippen molar-refractivity contribution in [2.75, 3.05) is 26.2 Å². The molecule has 1 saturated heterocycles. The number of morpholine rings is 1. The molecule has 5 heteroatoms. The maximum Gasteiger partial charge on any atom is 0.164 e. The van der Waals surface area contributed by atoms with Gasteiger partial charge in [0.25, 0.3) is 0 Å². The number of halogens is 1. The summed E-state index contributed by atoms with van der Waals surface area (Å²) in [5, 5.41) is 9.87. The summed E-state index contributed by atoms with van der Waals surface area (Å²) >= 11 is 5.91. The van der Waals surface area contributed by atoms with Gasteiger partial charge in [-0.2, -0.15) is 0 Å². The van der Waals surface area contributed by atoms with Crippen LogP contribution in [-0.4, -0.2) is 53.7 Å². The number of benzene rings is 1. The van der Waals surface area contributed by atoms with Gasteiger partial charge in [-0.15, -0.1) is 0 Å². The molecule has 2 rings (SSSR count). The average Bonchev–Trinajstić information content (AvgIpc) is 2.43. The van der Waals surface area contributed by atoms with Gasteiger partial charge in [0.2, 0.25) is 0 Å². The Labute approximate surface area is 130 Å². The predicted molar refractivity (Wildman–Crippen MR) is 82.9 cm³/mol. The van der Waals surface area contributed by atoms with E-state index in [2.05, 4.69) is 4.90 Å². The van der Waals surface area contributed by atoms with Gasteiger partial charge in [0.1, 0.15) is 0 Å². The van der Waals surface area contributed by atoms with E-state index in [-0.39, 0.29) is 24.1 Å². The standard InChI is InChI=1S/C16H22ClNO3/c1-16(2)11-18(9-14(10-19)21-16)7-6-15(20)12-4-3-5-13(17)8-12/h3-5,8,14,19H,6-7,9-11H2,1-2H3. The van der Waals surface area contributed by atoms with Crippen molar-refractivity contribution in [1.82, 2.24) is 4.90 Å². The second kappa shape index (κ2) is 6.88. The van der Waals surface area contributed by atoms with Crippen molar-refractivity contribution in [3.63, 3.8) is 0 Å². The Balaban J connectivity index is 1.91. The highest BCUT2D eigenvalue weighted by Crippen LogP contribution is 2.21. The summed E-state index contributed by atoms with van der Waals surface area (Å²) in [4.78, 5) is 14.4. The van der Waals surface area contributed by atoms with E-state index < -0.39 is 0 Å². The number of ether oxygens (including phenoxy) is 1. The fourth-order valence-electron chi connectivity index (χ4n) is 2.75. The van der Waals surface area contributed by atoms with Crippen LogP contribution in [0.25, 0.3) is 0 Å². The maximum absolute atomic E-state index is 12.2. The van der Waals surface area contributed by atoms with E-state index >= 15 is 0 Å². The third kappa shape index (κ3) is 4.78. The lowest BCUT2D eigenvalue weighted by atomic mass is 10.0. The van der Waals surface area contributed by atoms with Crippen LogP contribution in [0.1, 0.15) is 30.6 Å². The Bertz CT molecular complexity index is 504. The molecule has 1 aromatic carbocycles. The first-order valence-corrected chi connectivity index (χ1v) is 7.57. The van der Waals surface area contributed by atoms with Gasteiger partial charge >= 0.3 is 0 Å². The molecule has 0 saturated carbocycles. The first-order chi connectivity index (χ1) is 9.89. The van der Waals surface area contributed by atoms with Gasteiger partial charge in [-0.25, -0.2) is 0 Å². The summed E-state index contributed by atoms with van der Waals surface area (Å²) in [6, 6.07) is 7.03. The first kappa shape index (κ1) is 16.4. The number of hydrogen-bond acceptors (Lipinski definition) is 4. The van der Waals surface area contributed by atoms with Crippen molar-refractivity contribution in [2.24, 2.45) is 0 Å². The van der Waals surface area contributed by atoms with Crippen LogP contribution in [0, 0.1) is 0 Å². The van der Waals surface area contributed by atoms with Gasteiger partial charge in [0.05, 0.1) is 18.3 Å². The predicted octanol–water partition coefficient (Wildman–Crippen LogP) is 2.38. The fourth-order valence-corrected chi connectivity index (χ4v) is 2.94. The van der Waals surface area contributed by atoms with E-state index in [0.29, 0.717) is 30.1 Å². The van der Waals surface area contributed by atoms with Gasteiger partial charge in [0, 0.05) is 36.6 Å². The molecule has 1 aromatic rings. The van der Waals surface area contributed by atoms with Gasteiger partial charge in [-0.3, -0.25) is 9.69 Å². The zero-order chi connectivity index (χ0) is 15.5. The van der Waals surface area contributed by atoms with Crippen LogP contribution >= 0.6 is 11.6 Å². The third-order valence-corrected chi connectivity index (χ3v) is 3.79. The summed E-state index contributed by atoms with van der Waals surface area (Å²) in [6.45, 7) is 6.08. The van der Waals surface area contributed by atoms with Crippen LogP contribution in [0.3, 0.4) is 0 Å². The molecule has 0 aliphatic carbocycles. The first-order valence-electron chi connectivity index (χ1n) is 7.19. The molecule has 1 unspecified atom stereocenters. The number of ketones is 1. The highest BCUT2D eigenvalue weighted by Gasteiger charge is 2.32. The van der Waals surface area contributed by atoms with Crippen molar-refractivity contribution in [1.29, 1.82) is 0 Å². The normalized spacial score (nSPS) is 22.2. The van der Waals surface area contributed by atoms with Crippen LogP contribution in [0.4, 0.5) is 0 Å². The van der Waals surface area contributed by atoms with Gasteiger partial charge in [-0.1, -0.05) is 23.7 Å². The third-order valence-electron chi connectivity index (χ3n) is 3.56. The minimum atomic E-state index is -0.301. The lowest BCUT2D eigenvalue weighted by Crippen LogP contribution is -2.54. The minimum absolute atomic E-state index is 0.00215. The summed E-state index contributed by atoms with van der Waals surface area (Å²) in [6.07, 6.45) is 0.254. The molecular weight excluding hydrogens is 290 g/mol. The van der Waals surface area contributed by atoms with Gasteiger partial charge in [-0.05, 0) is 26.0 Å². The average molecular weight is 312 g/mol. The zero-order valence-corrected chi connectivity index (χ0v) is 13.3. The lowest BCUT2D eigenvalue weighted by molar-refractivity contribution is -0.148. The highest BCUT2D eigenvalue weighted by atomic mass is 35.5. The molecule has 1 aliphatic rings. The Morgan fingerprint density at radius 3 is 2.95 bits per heavy atom. The summed E-state index contributed by atoms with van der Waals surface area (Å²) < 4.78 is 5.77. The quantitative estimate of drug-likeness (QED) is 0.848. The van der Waals surface area contributed by atoms with E-state index in [4.69, 9.17) is 16.3 Å². The van der Waals surface area contributed by atoms with E-state index in [9.17, 15) is 9.90 Å². The molecule has 4 nitrogen and oxygen atoms in total. The molecule has 0 amide bonds. The molecule has 116 valence electrons. The molecule has 0 aromatic heterocycles. The Morgan fingerprint density at radius 2 is 2.29 bits per heavy atom. The zero-order valence-electron chi connectivity index (χ0n) is 12.5. The summed E-state index contributed by atoms with van der Waals surface area (Å²) in [5.74, 6) is 0.0855. The number of nitrogens with zero attached hydrogens (tertiary/aromatic N) is 1. The van der Waals surface area contributed by atoms with Crippen LogP contribution in [0.15, 0.2) is 24.3 Å². The number of carbonyl (C=O) groups is 1. The van der Waals surface area contributed by atoms with Crippen molar-refractivity contribution >= 4 is 17.4 Å². The number of Topliss-reactive ketones (excluding diaryl/α,β-unsaturated/α-hetero) is 1. The molecule has 21 heavy (non-hydrogen) atoms. The number of aliphatic hydroxyl groups excluding tert-OH is 1. The molecule has 0 radical (unpaired) electrons. The van der Waals surface area contributed by atoms with Crippen LogP contribution in [0.2, 0.25) is 5.02 Å². The SMILES string of the molecule is CC1(C)CN(CCC(=O)c2cccc(Cl)c2)CC(CO)O1. The second-order valence-electron chi connectivity index (χ2n) is 6.10. The summed E-state index contributed by atoms with van der Waals surface area (Å²) in [7, 11) is 0.